The third-order valence-electron chi connectivity index (χ3n) is 2.71. The SMILES string of the molecule is O=C(Nc1ccc(-c2cnns2)cc1)c1cccnc1. The molecule has 1 amide bonds. The van der Waals surface area contributed by atoms with E-state index < -0.39 is 0 Å². The summed E-state index contributed by atoms with van der Waals surface area (Å²) in [7, 11) is 0. The molecule has 2 aromatic heterocycles. The normalized spacial score (nSPS) is 10.2. The Hall–Kier alpha value is -2.60. The number of aromatic nitrogens is 3. The van der Waals surface area contributed by atoms with Gasteiger partial charge >= 0.3 is 0 Å². The van der Waals surface area contributed by atoms with Gasteiger partial charge in [0.15, 0.2) is 0 Å². The molecule has 0 aliphatic carbocycles. The van der Waals surface area contributed by atoms with Gasteiger partial charge in [0.2, 0.25) is 0 Å². The minimum atomic E-state index is -0.176. The number of rotatable bonds is 3. The highest BCUT2D eigenvalue weighted by Crippen LogP contribution is 2.23. The highest BCUT2D eigenvalue weighted by Gasteiger charge is 2.06. The number of carbonyl (C=O) groups excluding carboxylic acids is 1. The molecule has 0 saturated heterocycles. The first-order valence-corrected chi connectivity index (χ1v) is 6.69. The average molecular weight is 282 g/mol. The summed E-state index contributed by atoms with van der Waals surface area (Å²) >= 11 is 1.34. The number of hydrogen-bond acceptors (Lipinski definition) is 5. The Kier molecular flexibility index (Phi) is 3.47. The van der Waals surface area contributed by atoms with Gasteiger partial charge in [0.25, 0.3) is 5.91 Å². The molecule has 0 unspecified atom stereocenters. The quantitative estimate of drug-likeness (QED) is 0.802. The molecule has 3 rings (SSSR count). The Morgan fingerprint density at radius 1 is 1.10 bits per heavy atom. The van der Waals surface area contributed by atoms with Gasteiger partial charge in [0.05, 0.1) is 16.6 Å². The van der Waals surface area contributed by atoms with Crippen molar-refractivity contribution in [1.82, 2.24) is 14.6 Å². The van der Waals surface area contributed by atoms with Crippen LogP contribution < -0.4 is 5.32 Å². The summed E-state index contributed by atoms with van der Waals surface area (Å²) in [6, 6.07) is 11.0. The Bertz CT molecular complexity index is 696. The number of nitrogens with one attached hydrogen (secondary N) is 1. The Morgan fingerprint density at radius 2 is 1.95 bits per heavy atom. The minimum absolute atomic E-state index is 0.176. The van der Waals surface area contributed by atoms with Gasteiger partial charge in [0.1, 0.15) is 0 Å². The lowest BCUT2D eigenvalue weighted by Crippen LogP contribution is -2.11. The van der Waals surface area contributed by atoms with E-state index in [0.29, 0.717) is 5.56 Å². The van der Waals surface area contributed by atoms with Crippen LogP contribution in [0.3, 0.4) is 0 Å². The van der Waals surface area contributed by atoms with Crippen LogP contribution in [0, 0.1) is 0 Å². The van der Waals surface area contributed by atoms with Gasteiger partial charge in [-0.3, -0.25) is 9.78 Å². The van der Waals surface area contributed by atoms with Crippen LogP contribution >= 0.6 is 11.5 Å². The zero-order valence-electron chi connectivity index (χ0n) is 10.4. The van der Waals surface area contributed by atoms with Crippen molar-refractivity contribution in [2.75, 3.05) is 5.32 Å². The molecule has 0 aliphatic rings. The van der Waals surface area contributed by atoms with E-state index in [9.17, 15) is 4.79 Å². The maximum Gasteiger partial charge on any atom is 0.257 e. The molecule has 1 N–H and O–H groups in total. The lowest BCUT2D eigenvalue weighted by Gasteiger charge is -2.05. The number of carbonyl (C=O) groups is 1. The van der Waals surface area contributed by atoms with Crippen LogP contribution in [0.15, 0.2) is 55.0 Å². The van der Waals surface area contributed by atoms with E-state index in [4.69, 9.17) is 0 Å². The maximum absolute atomic E-state index is 12.0. The molecular formula is C14H10N4OS. The van der Waals surface area contributed by atoms with Crippen LogP contribution in [-0.2, 0) is 0 Å². The largest absolute Gasteiger partial charge is 0.322 e. The van der Waals surface area contributed by atoms with Gasteiger partial charge in [-0.1, -0.05) is 16.6 Å². The van der Waals surface area contributed by atoms with Crippen LogP contribution in [0.2, 0.25) is 0 Å². The fraction of sp³-hybridized carbons (Fsp3) is 0. The van der Waals surface area contributed by atoms with Gasteiger partial charge in [-0.25, -0.2) is 0 Å². The molecule has 2 heterocycles. The fourth-order valence-corrected chi connectivity index (χ4v) is 2.23. The highest BCUT2D eigenvalue weighted by atomic mass is 32.1. The topological polar surface area (TPSA) is 67.8 Å². The summed E-state index contributed by atoms with van der Waals surface area (Å²) in [6.07, 6.45) is 4.88. The molecular weight excluding hydrogens is 272 g/mol. The second-order valence-electron chi connectivity index (χ2n) is 4.05. The lowest BCUT2D eigenvalue weighted by molar-refractivity contribution is 0.102. The van der Waals surface area contributed by atoms with Crippen LogP contribution in [0.4, 0.5) is 5.69 Å². The van der Waals surface area contributed by atoms with E-state index in [-0.39, 0.29) is 5.91 Å². The molecule has 3 aromatic rings. The monoisotopic (exact) mass is 282 g/mol. The molecule has 6 heteroatoms. The van der Waals surface area contributed by atoms with Crippen molar-refractivity contribution in [1.29, 1.82) is 0 Å². The number of nitrogens with zero attached hydrogens (tertiary/aromatic N) is 3. The molecule has 98 valence electrons. The van der Waals surface area contributed by atoms with Crippen molar-refractivity contribution < 1.29 is 4.79 Å². The standard InChI is InChI=1S/C14H10N4OS/c19-14(11-2-1-7-15-8-11)17-12-5-3-10(4-6-12)13-9-16-18-20-13/h1-9H,(H,17,19). The molecule has 0 saturated carbocycles. The molecule has 0 radical (unpaired) electrons. The predicted octanol–water partition coefficient (Wildman–Crippen LogP) is 2.85. The van der Waals surface area contributed by atoms with Crippen LogP contribution in [0.5, 0.6) is 0 Å². The molecule has 20 heavy (non-hydrogen) atoms. The molecule has 0 fully saturated rings. The molecule has 1 aromatic carbocycles. The van der Waals surface area contributed by atoms with E-state index in [1.165, 1.54) is 17.7 Å². The Morgan fingerprint density at radius 3 is 2.60 bits per heavy atom. The van der Waals surface area contributed by atoms with Crippen LogP contribution in [0.1, 0.15) is 10.4 Å². The van der Waals surface area contributed by atoms with Gasteiger partial charge in [-0.2, -0.15) is 0 Å². The summed E-state index contributed by atoms with van der Waals surface area (Å²) in [6.45, 7) is 0. The predicted molar refractivity (Wildman–Crippen MR) is 77.5 cm³/mol. The zero-order valence-corrected chi connectivity index (χ0v) is 11.2. The van der Waals surface area contributed by atoms with Gasteiger partial charge in [-0.05, 0) is 41.4 Å². The average Bonchev–Trinajstić information content (AvgIpc) is 3.03. The smallest absolute Gasteiger partial charge is 0.257 e. The number of pyridine rings is 1. The van der Waals surface area contributed by atoms with Crippen molar-refractivity contribution in [3.05, 3.63) is 60.6 Å². The number of anilines is 1. The third kappa shape index (κ3) is 2.70. The minimum Gasteiger partial charge on any atom is -0.322 e. The van der Waals surface area contributed by atoms with Crippen molar-refractivity contribution >= 4 is 23.1 Å². The van der Waals surface area contributed by atoms with Crippen molar-refractivity contribution in [2.45, 2.75) is 0 Å². The second-order valence-corrected chi connectivity index (χ2v) is 4.84. The van der Waals surface area contributed by atoms with E-state index in [0.717, 1.165) is 16.1 Å². The first-order valence-electron chi connectivity index (χ1n) is 5.92. The van der Waals surface area contributed by atoms with Gasteiger partial charge in [0, 0.05) is 18.1 Å². The zero-order chi connectivity index (χ0) is 13.8. The molecule has 0 aliphatic heterocycles. The van der Waals surface area contributed by atoms with Gasteiger partial charge in [-0.15, -0.1) is 5.10 Å². The molecule has 5 nitrogen and oxygen atoms in total. The van der Waals surface area contributed by atoms with Crippen molar-refractivity contribution in [3.8, 4) is 10.4 Å². The first kappa shape index (κ1) is 12.4. The molecule has 0 spiro atoms. The van der Waals surface area contributed by atoms with E-state index >= 15 is 0 Å². The van der Waals surface area contributed by atoms with Gasteiger partial charge < -0.3 is 5.32 Å². The van der Waals surface area contributed by atoms with E-state index in [2.05, 4.69) is 19.9 Å². The highest BCUT2D eigenvalue weighted by molar-refractivity contribution is 7.09. The summed E-state index contributed by atoms with van der Waals surface area (Å²) in [5, 5.41) is 6.62. The number of amides is 1. The summed E-state index contributed by atoms with van der Waals surface area (Å²) in [5.74, 6) is -0.176. The molecule has 0 atom stereocenters. The Labute approximate surface area is 119 Å². The van der Waals surface area contributed by atoms with Crippen molar-refractivity contribution in [3.63, 3.8) is 0 Å². The lowest BCUT2D eigenvalue weighted by atomic mass is 10.2. The Balaban J connectivity index is 1.74. The first-order chi connectivity index (χ1) is 9.83. The fourth-order valence-electron chi connectivity index (χ4n) is 1.71. The maximum atomic E-state index is 12.0. The van der Waals surface area contributed by atoms with Crippen LogP contribution in [0.25, 0.3) is 10.4 Å². The third-order valence-corrected chi connectivity index (χ3v) is 3.43. The summed E-state index contributed by atoms with van der Waals surface area (Å²) < 4.78 is 3.82. The number of hydrogen-bond donors (Lipinski definition) is 1. The molecule has 0 bridgehead atoms. The summed E-state index contributed by atoms with van der Waals surface area (Å²) in [4.78, 5) is 16.9. The second kappa shape index (κ2) is 5.58. The number of benzene rings is 1. The van der Waals surface area contributed by atoms with Crippen LogP contribution in [-0.4, -0.2) is 20.5 Å². The van der Waals surface area contributed by atoms with E-state index in [1.807, 2.05) is 24.3 Å². The summed E-state index contributed by atoms with van der Waals surface area (Å²) in [5.41, 5.74) is 2.29. The van der Waals surface area contributed by atoms with E-state index in [1.54, 1.807) is 24.5 Å². The van der Waals surface area contributed by atoms with Crippen molar-refractivity contribution in [2.24, 2.45) is 0 Å².